The summed E-state index contributed by atoms with van der Waals surface area (Å²) in [6.45, 7) is 8.56. The van der Waals surface area contributed by atoms with Gasteiger partial charge in [0.25, 0.3) is 0 Å². The van der Waals surface area contributed by atoms with E-state index in [-0.39, 0.29) is 30.2 Å². The zero-order valence-corrected chi connectivity index (χ0v) is 24.0. The number of aliphatic hydroxyl groups is 1. The lowest BCUT2D eigenvalue weighted by molar-refractivity contribution is -0.151. The predicted octanol–water partition coefficient (Wildman–Crippen LogP) is 4.15. The van der Waals surface area contributed by atoms with Crippen LogP contribution in [0.15, 0.2) is 36.1 Å². The number of hydrogen-bond acceptors (Lipinski definition) is 7. The third-order valence-corrected chi connectivity index (χ3v) is 7.94. The van der Waals surface area contributed by atoms with E-state index in [1.165, 1.54) is 12.3 Å². The number of carbonyl (C=O) groups excluding carboxylic acids is 2. The molecule has 40 heavy (non-hydrogen) atoms. The molecule has 0 bridgehead atoms. The van der Waals surface area contributed by atoms with Crippen LogP contribution in [0.4, 0.5) is 9.18 Å². The minimum atomic E-state index is -0.867. The molecule has 0 unspecified atom stereocenters. The van der Waals surface area contributed by atoms with E-state index < -0.39 is 24.3 Å². The van der Waals surface area contributed by atoms with Gasteiger partial charge in [-0.15, -0.1) is 0 Å². The topological polar surface area (TPSA) is 97.1 Å². The van der Waals surface area contributed by atoms with Crippen molar-refractivity contribution in [2.45, 2.75) is 58.3 Å². The monoisotopic (exact) mass is 556 g/mol. The number of hydrogen-bond donors (Lipinski definition) is 1. The van der Waals surface area contributed by atoms with Crippen molar-refractivity contribution in [3.8, 4) is 0 Å². The SMILES string of the molecule is C/C(=C\c1cc(F)c2cnn(C)c2c1)[C@H]1OC(=O)C[C@H](O)CC[C@H](C)[C@@H](OC(=O)N2CCN(C)CC2)/C=C\[C@@H]1C. The number of ether oxygens (including phenoxy) is 2. The average Bonchev–Trinajstić information content (AvgIpc) is 3.28. The summed E-state index contributed by atoms with van der Waals surface area (Å²) in [5.41, 5.74) is 2.00. The second kappa shape index (κ2) is 13.0. The Morgan fingerprint density at radius 2 is 1.88 bits per heavy atom. The number of rotatable bonds is 3. The predicted molar refractivity (Wildman–Crippen MR) is 151 cm³/mol. The molecule has 1 fully saturated rings. The fraction of sp³-hybridized carbons (Fsp3) is 0.567. The van der Waals surface area contributed by atoms with Crippen molar-refractivity contribution in [1.29, 1.82) is 0 Å². The van der Waals surface area contributed by atoms with Crippen molar-refractivity contribution in [2.75, 3.05) is 33.2 Å². The molecule has 0 aliphatic carbocycles. The highest BCUT2D eigenvalue weighted by Gasteiger charge is 2.29. The fourth-order valence-corrected chi connectivity index (χ4v) is 5.28. The maximum absolute atomic E-state index is 14.7. The lowest BCUT2D eigenvalue weighted by atomic mass is 9.91. The molecule has 218 valence electrons. The smallest absolute Gasteiger partial charge is 0.410 e. The Balaban J connectivity index is 1.59. The number of aryl methyl sites for hydroxylation is 1. The zero-order valence-electron chi connectivity index (χ0n) is 24.0. The molecule has 1 saturated heterocycles. The van der Waals surface area contributed by atoms with E-state index in [2.05, 4.69) is 10.00 Å². The number of cyclic esters (lactones) is 1. The number of fused-ring (bicyclic) bond motifs is 1. The van der Waals surface area contributed by atoms with Crippen molar-refractivity contribution in [2.24, 2.45) is 18.9 Å². The minimum Gasteiger partial charge on any atom is -0.457 e. The Hall–Kier alpha value is -3.24. The lowest BCUT2D eigenvalue weighted by Gasteiger charge is -2.33. The number of nitrogens with zero attached hydrogens (tertiary/aromatic N) is 4. The molecule has 4 rings (SSSR count). The summed E-state index contributed by atoms with van der Waals surface area (Å²) in [6, 6.07) is 3.27. The van der Waals surface area contributed by atoms with Gasteiger partial charge in [-0.2, -0.15) is 5.10 Å². The normalized spacial score (nSPS) is 28.5. The van der Waals surface area contributed by atoms with Crippen LogP contribution in [0.5, 0.6) is 0 Å². The molecular weight excluding hydrogens is 515 g/mol. The van der Waals surface area contributed by atoms with Crippen LogP contribution in [0.3, 0.4) is 0 Å². The highest BCUT2D eigenvalue weighted by atomic mass is 19.1. The molecule has 5 atom stereocenters. The summed E-state index contributed by atoms with van der Waals surface area (Å²) in [4.78, 5) is 29.6. The first-order valence-electron chi connectivity index (χ1n) is 14.0. The summed E-state index contributed by atoms with van der Waals surface area (Å²) >= 11 is 0. The first-order chi connectivity index (χ1) is 19.0. The van der Waals surface area contributed by atoms with E-state index in [9.17, 15) is 19.1 Å². The number of esters is 1. The van der Waals surface area contributed by atoms with E-state index in [0.717, 1.165) is 18.7 Å². The van der Waals surface area contributed by atoms with Crippen LogP contribution < -0.4 is 0 Å². The van der Waals surface area contributed by atoms with Crippen molar-refractivity contribution in [3.63, 3.8) is 0 Å². The van der Waals surface area contributed by atoms with Gasteiger partial charge in [-0.05, 0) is 62.1 Å². The number of likely N-dealkylation sites (N-methyl/N-ethyl adjacent to an activating group) is 1. The number of halogens is 1. The van der Waals surface area contributed by atoms with Gasteiger partial charge < -0.3 is 24.4 Å². The van der Waals surface area contributed by atoms with Gasteiger partial charge in [0.15, 0.2) is 0 Å². The quantitative estimate of drug-likeness (QED) is 0.448. The van der Waals surface area contributed by atoms with Crippen LogP contribution in [0.1, 0.15) is 45.6 Å². The van der Waals surface area contributed by atoms with Gasteiger partial charge in [0, 0.05) is 39.1 Å². The number of amides is 1. The van der Waals surface area contributed by atoms with E-state index in [4.69, 9.17) is 9.47 Å². The summed E-state index contributed by atoms with van der Waals surface area (Å²) in [7, 11) is 3.78. The second-order valence-electron chi connectivity index (χ2n) is 11.3. The summed E-state index contributed by atoms with van der Waals surface area (Å²) in [5.74, 6) is -1.21. The Labute approximate surface area is 235 Å². The molecule has 1 aromatic carbocycles. The average molecular weight is 557 g/mol. The highest BCUT2D eigenvalue weighted by Crippen LogP contribution is 2.27. The zero-order chi connectivity index (χ0) is 29.0. The molecule has 1 amide bonds. The third kappa shape index (κ3) is 7.28. The van der Waals surface area contributed by atoms with Gasteiger partial charge in [0.2, 0.25) is 0 Å². The largest absolute Gasteiger partial charge is 0.457 e. The Morgan fingerprint density at radius 1 is 1.15 bits per heavy atom. The third-order valence-electron chi connectivity index (χ3n) is 7.94. The highest BCUT2D eigenvalue weighted by molar-refractivity contribution is 5.82. The summed E-state index contributed by atoms with van der Waals surface area (Å²) in [6.07, 6.45) is 5.53. The van der Waals surface area contributed by atoms with Crippen LogP contribution >= 0.6 is 0 Å². The van der Waals surface area contributed by atoms with Crippen LogP contribution in [0.2, 0.25) is 0 Å². The molecule has 0 saturated carbocycles. The van der Waals surface area contributed by atoms with Gasteiger partial charge in [-0.3, -0.25) is 9.48 Å². The van der Waals surface area contributed by atoms with E-state index in [1.54, 1.807) is 22.7 Å². The molecule has 10 heteroatoms. The number of carbonyl (C=O) groups is 2. The molecule has 2 aliphatic heterocycles. The number of piperazine rings is 1. The molecule has 1 aromatic heterocycles. The standard InChI is InChI=1S/C30H41FN4O5/c1-19-6-8-23(36)17-28(37)40-29(21(3)14-22-15-25(31)24-18-32-34(5)26(24)16-22)20(2)7-9-27(19)39-30(38)35-12-10-33(4)11-13-35/h7,9,14-16,18-20,23,27,29,36H,6,8,10-13,17H2,1-5H3/b9-7-,21-14+/t19-,20-,23+,27-,29-/m0/s1. The van der Waals surface area contributed by atoms with Gasteiger partial charge >= 0.3 is 12.1 Å². The molecule has 3 heterocycles. The Bertz CT molecular complexity index is 1270. The van der Waals surface area contributed by atoms with Gasteiger partial charge in [-0.1, -0.05) is 26.0 Å². The summed E-state index contributed by atoms with van der Waals surface area (Å²) < 4.78 is 28.2. The minimum absolute atomic E-state index is 0.0614. The van der Waals surface area contributed by atoms with Crippen molar-refractivity contribution < 1.29 is 28.6 Å². The van der Waals surface area contributed by atoms with E-state index in [1.807, 2.05) is 46.0 Å². The van der Waals surface area contributed by atoms with Crippen LogP contribution in [-0.4, -0.2) is 88.3 Å². The second-order valence-corrected chi connectivity index (χ2v) is 11.3. The lowest BCUT2D eigenvalue weighted by Crippen LogP contribution is -2.48. The van der Waals surface area contributed by atoms with Gasteiger partial charge in [0.05, 0.1) is 29.6 Å². The molecule has 0 radical (unpaired) electrons. The number of benzene rings is 1. The first kappa shape index (κ1) is 29.7. The van der Waals surface area contributed by atoms with Crippen molar-refractivity contribution >= 4 is 29.0 Å². The Kier molecular flexibility index (Phi) is 9.63. The number of aromatic nitrogens is 2. The van der Waals surface area contributed by atoms with Crippen molar-refractivity contribution in [3.05, 3.63) is 47.4 Å². The summed E-state index contributed by atoms with van der Waals surface area (Å²) in [5, 5.41) is 15.1. The molecular formula is C30H41FN4O5. The molecule has 9 nitrogen and oxygen atoms in total. The van der Waals surface area contributed by atoms with Crippen LogP contribution in [0.25, 0.3) is 17.0 Å². The molecule has 2 aliphatic rings. The first-order valence-corrected chi connectivity index (χ1v) is 14.0. The fourth-order valence-electron chi connectivity index (χ4n) is 5.28. The molecule has 1 N–H and O–H groups in total. The van der Waals surface area contributed by atoms with Gasteiger partial charge in [-0.25, -0.2) is 9.18 Å². The van der Waals surface area contributed by atoms with Crippen LogP contribution in [0, 0.1) is 17.7 Å². The van der Waals surface area contributed by atoms with E-state index >= 15 is 0 Å². The van der Waals surface area contributed by atoms with Crippen LogP contribution in [-0.2, 0) is 21.3 Å². The maximum Gasteiger partial charge on any atom is 0.410 e. The molecule has 2 aromatic rings. The van der Waals surface area contributed by atoms with E-state index in [0.29, 0.717) is 42.4 Å². The van der Waals surface area contributed by atoms with Crippen molar-refractivity contribution in [1.82, 2.24) is 19.6 Å². The van der Waals surface area contributed by atoms with Gasteiger partial charge in [0.1, 0.15) is 18.0 Å². The Morgan fingerprint density at radius 3 is 2.60 bits per heavy atom. The number of aliphatic hydroxyl groups excluding tert-OH is 1. The maximum atomic E-state index is 14.7. The molecule has 0 spiro atoms.